The summed E-state index contributed by atoms with van der Waals surface area (Å²) in [6.07, 6.45) is -11.6. The molecule has 3 aliphatic heterocycles. The fourth-order valence-corrected chi connectivity index (χ4v) is 10.2. The molecule has 6 unspecified atom stereocenters. The van der Waals surface area contributed by atoms with Gasteiger partial charge in [-0.15, -0.1) is 0 Å². The maximum absolute atomic E-state index is 14.6. The Balaban J connectivity index is 1.39. The number of carbonyl (C=O) groups is 8. The van der Waals surface area contributed by atoms with Gasteiger partial charge in [0.15, 0.2) is 6.23 Å². The second-order valence-electron chi connectivity index (χ2n) is 21.0. The number of primary amides is 1. The van der Waals surface area contributed by atoms with Crippen LogP contribution in [0.4, 0.5) is 0 Å². The number of hydrogen-bond acceptors (Lipinski definition) is 19. The summed E-state index contributed by atoms with van der Waals surface area (Å²) in [5, 5.41) is 103. The van der Waals surface area contributed by atoms with Gasteiger partial charge < -0.3 is 98.2 Å². The van der Waals surface area contributed by atoms with Crippen LogP contribution in [0.15, 0.2) is 60.7 Å². The second-order valence-corrected chi connectivity index (χ2v) is 21.0. The number of phenolic OH excluding ortho intramolecular Hbond substituents is 1. The molecule has 0 aliphatic carbocycles. The van der Waals surface area contributed by atoms with Crippen molar-refractivity contribution < 1.29 is 88.7 Å². The van der Waals surface area contributed by atoms with Crippen LogP contribution in [-0.2, 0) is 38.3 Å². The molecule has 27 nitrogen and oxygen atoms in total. The first kappa shape index (κ1) is 64.1. The van der Waals surface area contributed by atoms with E-state index in [1.165, 1.54) is 18.6 Å². The van der Waals surface area contributed by atoms with Gasteiger partial charge in [-0.3, -0.25) is 38.4 Å². The van der Waals surface area contributed by atoms with Gasteiger partial charge in [0.1, 0.15) is 66.1 Å². The molecule has 0 spiro atoms. The Morgan fingerprint density at radius 3 is 2.06 bits per heavy atom. The fourth-order valence-electron chi connectivity index (χ4n) is 10.2. The SMILES string of the molecule is CCCCCCCCOc1ccc2cc(C(=O)N[C@H]3C[C@@H](O)[C@@H](OCCN)NC(=O)C4[C@@H](O)CCN4C(=O)C([C@@H](O)CC(N)=O)NC(=O)C([C@H](O)[C@@H](O)c4ccc(O)cc4)NC(=O)C4CC(O)CN4C(=O)C([C@@H](C)O)NC3=O)ccc2c1. The number of aliphatic hydroxyl groups is 7. The Hall–Kier alpha value is -7.08. The third-order valence-corrected chi connectivity index (χ3v) is 14.7. The Morgan fingerprint density at radius 2 is 1.38 bits per heavy atom. The monoisotopic (exact) mass is 1150 g/mol. The van der Waals surface area contributed by atoms with Crippen molar-refractivity contribution in [2.45, 2.75) is 163 Å². The number of nitrogens with zero attached hydrogens (tertiary/aromatic N) is 2. The van der Waals surface area contributed by atoms with Gasteiger partial charge in [-0.05, 0) is 72.5 Å². The number of amides is 8. The van der Waals surface area contributed by atoms with E-state index in [1.54, 1.807) is 24.3 Å². The van der Waals surface area contributed by atoms with Gasteiger partial charge >= 0.3 is 0 Å². The van der Waals surface area contributed by atoms with E-state index in [9.17, 15) is 79.2 Å². The van der Waals surface area contributed by atoms with Crippen molar-refractivity contribution in [2.24, 2.45) is 11.5 Å². The highest BCUT2D eigenvalue weighted by Gasteiger charge is 2.49. The van der Waals surface area contributed by atoms with Crippen LogP contribution in [0, 0.1) is 0 Å². The lowest BCUT2D eigenvalue weighted by molar-refractivity contribution is -0.150. The predicted molar refractivity (Wildman–Crippen MR) is 290 cm³/mol. The normalized spacial score (nSPS) is 26.7. The molecule has 3 aromatic carbocycles. The van der Waals surface area contributed by atoms with Crippen molar-refractivity contribution in [1.29, 1.82) is 0 Å². The first-order chi connectivity index (χ1) is 39.0. The van der Waals surface area contributed by atoms with E-state index < -0.39 is 165 Å². The second kappa shape index (κ2) is 29.8. The van der Waals surface area contributed by atoms with Crippen molar-refractivity contribution in [3.8, 4) is 11.5 Å². The van der Waals surface area contributed by atoms with Crippen molar-refractivity contribution in [2.75, 3.05) is 32.8 Å². The van der Waals surface area contributed by atoms with E-state index in [-0.39, 0.29) is 36.4 Å². The smallest absolute Gasteiger partial charge is 0.251 e. The minimum atomic E-state index is -2.38. The van der Waals surface area contributed by atoms with Gasteiger partial charge in [-0.1, -0.05) is 63.3 Å². The standard InChI is InChI=1S/C55H77N9O18/c1-3-4-5-6-7-8-20-81-35-16-13-30-22-32(10-9-31(30)23-35)48(74)58-36-25-40(70)53(82-21-18-56)62-52(78)45-38(68)17-19-63(45)55(80)43(39(69)26-41(57)71)60-51(77)44(47(73)46(72)29-11-14-33(66)15-12-29)61-50(76)37-24-34(67)27-64(37)54(79)42(28(2)65)59-49(36)75/h9-16,22-23,28,34,36-40,42-47,53,65-70,72-73H,3-8,17-21,24-27,56H2,1-2H3,(H2,57,71)(H,58,74)(H,59,75)(H,60,77)(H,61,76)(H,62,78)/t28-,34?,36+,37?,38+,39+,40-,42?,43?,44?,45?,46+,47+,53-/m1/s1. The zero-order valence-electron chi connectivity index (χ0n) is 45.7. The highest BCUT2D eigenvalue weighted by atomic mass is 16.5. The van der Waals surface area contributed by atoms with Crippen LogP contribution < -0.4 is 42.8 Å². The van der Waals surface area contributed by atoms with E-state index in [4.69, 9.17) is 20.9 Å². The van der Waals surface area contributed by atoms with E-state index >= 15 is 0 Å². The molecule has 3 fully saturated rings. The molecule has 3 heterocycles. The number of nitrogens with one attached hydrogen (secondary N) is 5. The van der Waals surface area contributed by atoms with Crippen LogP contribution in [0.5, 0.6) is 11.5 Å². The summed E-state index contributed by atoms with van der Waals surface area (Å²) in [7, 11) is 0. The number of phenols is 1. The minimum absolute atomic E-state index is 0.0244. The van der Waals surface area contributed by atoms with Gasteiger partial charge in [0.25, 0.3) is 5.91 Å². The highest BCUT2D eigenvalue weighted by molar-refractivity contribution is 6.02. The first-order valence-corrected chi connectivity index (χ1v) is 27.5. The molecule has 0 aromatic heterocycles. The molecular weight excluding hydrogens is 1070 g/mol. The van der Waals surface area contributed by atoms with E-state index in [2.05, 4.69) is 33.5 Å². The summed E-state index contributed by atoms with van der Waals surface area (Å²) in [6, 6.07) is 2.39. The largest absolute Gasteiger partial charge is 0.508 e. The number of hydrogen-bond donors (Lipinski definition) is 15. The Kier molecular flexibility index (Phi) is 23.3. The van der Waals surface area contributed by atoms with Crippen LogP contribution in [0.2, 0.25) is 0 Å². The number of ether oxygens (including phenoxy) is 2. The number of aliphatic hydroxyl groups excluding tert-OH is 7. The van der Waals surface area contributed by atoms with Crippen LogP contribution >= 0.6 is 0 Å². The summed E-state index contributed by atoms with van der Waals surface area (Å²) in [4.78, 5) is 115. The molecular formula is C55H77N9O18. The molecule has 8 amide bonds. The Labute approximate surface area is 472 Å². The number of nitrogens with two attached hydrogens (primary N) is 2. The average Bonchev–Trinajstić information content (AvgIpc) is 4.20. The highest BCUT2D eigenvalue weighted by Crippen LogP contribution is 2.27. The molecule has 3 aliphatic rings. The molecule has 450 valence electrons. The summed E-state index contributed by atoms with van der Waals surface area (Å²) in [5.41, 5.74) is 11.0. The maximum atomic E-state index is 14.6. The van der Waals surface area contributed by atoms with Gasteiger partial charge in [0.05, 0.1) is 44.1 Å². The zero-order chi connectivity index (χ0) is 59.9. The van der Waals surface area contributed by atoms with Crippen molar-refractivity contribution >= 4 is 58.0 Å². The number of aromatic hydroxyl groups is 1. The van der Waals surface area contributed by atoms with Crippen LogP contribution in [0.3, 0.4) is 0 Å². The van der Waals surface area contributed by atoms with Gasteiger partial charge in [-0.2, -0.15) is 0 Å². The van der Waals surface area contributed by atoms with Gasteiger partial charge in [0, 0.05) is 38.0 Å². The maximum Gasteiger partial charge on any atom is 0.251 e. The van der Waals surface area contributed by atoms with Crippen molar-refractivity contribution in [3.05, 3.63) is 71.8 Å². The first-order valence-electron chi connectivity index (χ1n) is 27.5. The fraction of sp³-hybridized carbons (Fsp3) is 0.564. The Morgan fingerprint density at radius 1 is 0.732 bits per heavy atom. The molecule has 0 bridgehead atoms. The Bertz CT molecular complexity index is 2720. The van der Waals surface area contributed by atoms with Crippen LogP contribution in [-0.4, -0.2) is 210 Å². The quantitative estimate of drug-likeness (QED) is 0.0492. The van der Waals surface area contributed by atoms with E-state index in [0.717, 1.165) is 73.1 Å². The van der Waals surface area contributed by atoms with E-state index in [1.807, 2.05) is 0 Å². The van der Waals surface area contributed by atoms with Gasteiger partial charge in [-0.25, -0.2) is 0 Å². The van der Waals surface area contributed by atoms with Gasteiger partial charge in [0.2, 0.25) is 41.4 Å². The summed E-state index contributed by atoms with van der Waals surface area (Å²) >= 11 is 0. The predicted octanol–water partition coefficient (Wildman–Crippen LogP) is -3.35. The number of benzene rings is 3. The summed E-state index contributed by atoms with van der Waals surface area (Å²) in [6.45, 7) is 2.15. The molecule has 27 heteroatoms. The van der Waals surface area contributed by atoms with Crippen LogP contribution in [0.1, 0.15) is 100 Å². The number of fused-ring (bicyclic) bond motifs is 3. The molecule has 0 saturated carbocycles. The van der Waals surface area contributed by atoms with Crippen LogP contribution in [0.25, 0.3) is 10.8 Å². The summed E-state index contributed by atoms with van der Waals surface area (Å²) < 4.78 is 11.7. The number of rotatable bonds is 20. The third-order valence-electron chi connectivity index (χ3n) is 14.7. The minimum Gasteiger partial charge on any atom is -0.508 e. The number of unbranched alkanes of at least 4 members (excludes halogenated alkanes) is 5. The molecule has 17 N–H and O–H groups in total. The average molecular weight is 1150 g/mol. The lowest BCUT2D eigenvalue weighted by atomic mass is 9.96. The molecule has 14 atom stereocenters. The molecule has 3 saturated heterocycles. The topological polar surface area (TPSA) is 436 Å². The van der Waals surface area contributed by atoms with Crippen molar-refractivity contribution in [3.63, 3.8) is 0 Å². The summed E-state index contributed by atoms with van der Waals surface area (Å²) in [5.74, 6) is -9.46. The number of carbonyl (C=O) groups excluding carboxylic acids is 8. The third kappa shape index (κ3) is 16.6. The van der Waals surface area contributed by atoms with Crippen molar-refractivity contribution in [1.82, 2.24) is 36.4 Å². The molecule has 3 aromatic rings. The lowest BCUT2D eigenvalue weighted by Crippen LogP contribution is -2.64. The zero-order valence-corrected chi connectivity index (χ0v) is 45.7. The molecule has 82 heavy (non-hydrogen) atoms. The van der Waals surface area contributed by atoms with E-state index in [0.29, 0.717) is 23.1 Å². The molecule has 6 rings (SSSR count). The lowest BCUT2D eigenvalue weighted by Gasteiger charge is -2.34. The molecule has 0 radical (unpaired) electrons.